The zero-order valence-electron chi connectivity index (χ0n) is 13.0. The summed E-state index contributed by atoms with van der Waals surface area (Å²) in [4.78, 5) is 20.9. The molecule has 3 rings (SSSR count). The van der Waals surface area contributed by atoms with Crippen LogP contribution in [-0.2, 0) is 9.47 Å². The maximum Gasteiger partial charge on any atom is 0.272 e. The molecule has 0 aliphatic carbocycles. The molecule has 2 saturated heterocycles. The van der Waals surface area contributed by atoms with Gasteiger partial charge in [-0.15, -0.1) is 0 Å². The van der Waals surface area contributed by atoms with Crippen molar-refractivity contribution in [2.75, 3.05) is 51.4 Å². The Morgan fingerprint density at radius 1 is 1.36 bits per heavy atom. The van der Waals surface area contributed by atoms with Crippen molar-refractivity contribution in [3.05, 3.63) is 24.0 Å². The Balaban J connectivity index is 1.73. The van der Waals surface area contributed by atoms with Crippen molar-refractivity contribution < 1.29 is 14.3 Å². The Morgan fingerprint density at radius 3 is 2.95 bits per heavy atom. The number of amides is 1. The zero-order chi connectivity index (χ0) is 15.4. The molecule has 0 spiro atoms. The SMILES string of the molecule is CO[C@H]1CCCN(c2ccnc(C(=O)N3CCOCC3)c2)C1. The third-order valence-electron chi connectivity index (χ3n) is 4.34. The number of aromatic nitrogens is 1. The van der Waals surface area contributed by atoms with E-state index in [-0.39, 0.29) is 12.0 Å². The van der Waals surface area contributed by atoms with E-state index in [4.69, 9.17) is 9.47 Å². The molecule has 1 amide bonds. The van der Waals surface area contributed by atoms with Crippen LogP contribution in [0.2, 0.25) is 0 Å². The second-order valence-electron chi connectivity index (χ2n) is 5.75. The number of carbonyl (C=O) groups is 1. The van der Waals surface area contributed by atoms with Crippen LogP contribution in [0.1, 0.15) is 23.3 Å². The Labute approximate surface area is 131 Å². The van der Waals surface area contributed by atoms with Crippen LogP contribution in [-0.4, -0.2) is 68.4 Å². The lowest BCUT2D eigenvalue weighted by atomic mass is 10.1. The van der Waals surface area contributed by atoms with E-state index in [0.29, 0.717) is 32.0 Å². The molecule has 120 valence electrons. The quantitative estimate of drug-likeness (QED) is 0.839. The number of piperidine rings is 1. The summed E-state index contributed by atoms with van der Waals surface area (Å²) >= 11 is 0. The maximum absolute atomic E-state index is 12.5. The van der Waals surface area contributed by atoms with Gasteiger partial charge in [-0.2, -0.15) is 0 Å². The van der Waals surface area contributed by atoms with Crippen LogP contribution in [0.15, 0.2) is 18.3 Å². The summed E-state index contributed by atoms with van der Waals surface area (Å²) in [7, 11) is 1.76. The highest BCUT2D eigenvalue weighted by Crippen LogP contribution is 2.22. The Morgan fingerprint density at radius 2 is 2.18 bits per heavy atom. The van der Waals surface area contributed by atoms with Gasteiger partial charge in [0.05, 0.1) is 19.3 Å². The van der Waals surface area contributed by atoms with Crippen molar-refractivity contribution in [2.45, 2.75) is 18.9 Å². The van der Waals surface area contributed by atoms with E-state index < -0.39 is 0 Å². The fraction of sp³-hybridized carbons (Fsp3) is 0.625. The molecule has 0 aromatic carbocycles. The largest absolute Gasteiger partial charge is 0.380 e. The number of methoxy groups -OCH3 is 1. The average Bonchev–Trinajstić information content (AvgIpc) is 2.62. The summed E-state index contributed by atoms with van der Waals surface area (Å²) in [5, 5.41) is 0. The summed E-state index contributed by atoms with van der Waals surface area (Å²) in [5.74, 6) is -0.00884. The molecule has 1 aromatic heterocycles. The predicted octanol–water partition coefficient (Wildman–Crippen LogP) is 1.17. The van der Waals surface area contributed by atoms with Gasteiger partial charge in [0.1, 0.15) is 5.69 Å². The van der Waals surface area contributed by atoms with Crippen LogP contribution in [0.3, 0.4) is 0 Å². The van der Waals surface area contributed by atoms with E-state index in [1.54, 1.807) is 13.3 Å². The molecule has 2 fully saturated rings. The Kier molecular flexibility index (Phi) is 4.90. The lowest BCUT2D eigenvalue weighted by Crippen LogP contribution is -2.41. The van der Waals surface area contributed by atoms with Gasteiger partial charge >= 0.3 is 0 Å². The van der Waals surface area contributed by atoms with E-state index in [1.807, 2.05) is 17.0 Å². The number of nitrogens with zero attached hydrogens (tertiary/aromatic N) is 3. The highest BCUT2D eigenvalue weighted by Gasteiger charge is 2.23. The molecule has 2 aliphatic heterocycles. The molecule has 2 aliphatic rings. The van der Waals surface area contributed by atoms with Crippen LogP contribution in [0, 0.1) is 0 Å². The highest BCUT2D eigenvalue weighted by molar-refractivity contribution is 5.93. The topological polar surface area (TPSA) is 54.9 Å². The Bertz CT molecular complexity index is 517. The summed E-state index contributed by atoms with van der Waals surface area (Å²) < 4.78 is 10.8. The highest BCUT2D eigenvalue weighted by atomic mass is 16.5. The van der Waals surface area contributed by atoms with Crippen LogP contribution in [0.4, 0.5) is 5.69 Å². The van der Waals surface area contributed by atoms with E-state index in [1.165, 1.54) is 0 Å². The molecule has 3 heterocycles. The van der Waals surface area contributed by atoms with Gasteiger partial charge in [0, 0.05) is 45.2 Å². The first-order valence-corrected chi connectivity index (χ1v) is 7.89. The van der Waals surface area contributed by atoms with E-state index in [0.717, 1.165) is 31.6 Å². The van der Waals surface area contributed by atoms with Crippen molar-refractivity contribution in [2.24, 2.45) is 0 Å². The first kappa shape index (κ1) is 15.2. The van der Waals surface area contributed by atoms with Gasteiger partial charge < -0.3 is 19.3 Å². The minimum atomic E-state index is -0.00884. The summed E-state index contributed by atoms with van der Waals surface area (Å²) in [6.45, 7) is 4.35. The molecule has 0 N–H and O–H groups in total. The predicted molar refractivity (Wildman–Crippen MR) is 83.2 cm³/mol. The van der Waals surface area contributed by atoms with Gasteiger partial charge in [-0.1, -0.05) is 0 Å². The van der Waals surface area contributed by atoms with E-state index >= 15 is 0 Å². The third-order valence-corrected chi connectivity index (χ3v) is 4.34. The number of hydrogen-bond acceptors (Lipinski definition) is 5. The monoisotopic (exact) mass is 305 g/mol. The van der Waals surface area contributed by atoms with E-state index in [2.05, 4.69) is 9.88 Å². The number of ether oxygens (including phenoxy) is 2. The second-order valence-corrected chi connectivity index (χ2v) is 5.75. The normalized spacial score (nSPS) is 22.7. The molecular weight excluding hydrogens is 282 g/mol. The number of carbonyl (C=O) groups excluding carboxylic acids is 1. The summed E-state index contributed by atoms with van der Waals surface area (Å²) in [6, 6.07) is 3.87. The molecule has 0 bridgehead atoms. The second kappa shape index (κ2) is 7.07. The zero-order valence-corrected chi connectivity index (χ0v) is 13.0. The summed E-state index contributed by atoms with van der Waals surface area (Å²) in [6.07, 6.45) is 4.19. The van der Waals surface area contributed by atoms with E-state index in [9.17, 15) is 4.79 Å². The molecule has 1 atom stereocenters. The minimum Gasteiger partial charge on any atom is -0.380 e. The smallest absolute Gasteiger partial charge is 0.272 e. The van der Waals surface area contributed by atoms with Crippen molar-refractivity contribution in [3.63, 3.8) is 0 Å². The van der Waals surface area contributed by atoms with Gasteiger partial charge in [-0.05, 0) is 25.0 Å². The molecule has 6 heteroatoms. The molecule has 0 unspecified atom stereocenters. The molecule has 6 nitrogen and oxygen atoms in total. The molecule has 0 radical (unpaired) electrons. The van der Waals surface area contributed by atoms with Gasteiger partial charge in [0.2, 0.25) is 0 Å². The standard InChI is InChI=1S/C16H23N3O3/c1-21-14-3-2-6-19(12-14)13-4-5-17-15(11-13)16(20)18-7-9-22-10-8-18/h4-5,11,14H,2-3,6-10,12H2,1H3/t14-/m0/s1. The van der Waals surface area contributed by atoms with Gasteiger partial charge in [-0.3, -0.25) is 9.78 Å². The van der Waals surface area contributed by atoms with Crippen LogP contribution in [0.25, 0.3) is 0 Å². The fourth-order valence-electron chi connectivity index (χ4n) is 3.03. The average molecular weight is 305 g/mol. The number of pyridine rings is 1. The van der Waals surface area contributed by atoms with Crippen molar-refractivity contribution in [3.8, 4) is 0 Å². The number of anilines is 1. The maximum atomic E-state index is 12.5. The molecular formula is C16H23N3O3. The lowest BCUT2D eigenvalue weighted by molar-refractivity contribution is 0.0299. The molecule has 0 saturated carbocycles. The van der Waals surface area contributed by atoms with Crippen LogP contribution >= 0.6 is 0 Å². The van der Waals surface area contributed by atoms with Crippen molar-refractivity contribution >= 4 is 11.6 Å². The van der Waals surface area contributed by atoms with Crippen molar-refractivity contribution in [1.29, 1.82) is 0 Å². The lowest BCUT2D eigenvalue weighted by Gasteiger charge is -2.34. The van der Waals surface area contributed by atoms with Gasteiger partial charge in [0.25, 0.3) is 5.91 Å². The summed E-state index contributed by atoms with van der Waals surface area (Å²) in [5.41, 5.74) is 1.56. The molecule has 22 heavy (non-hydrogen) atoms. The first-order chi connectivity index (χ1) is 10.8. The third kappa shape index (κ3) is 3.39. The fourth-order valence-corrected chi connectivity index (χ4v) is 3.03. The number of hydrogen-bond donors (Lipinski definition) is 0. The van der Waals surface area contributed by atoms with Crippen LogP contribution in [0.5, 0.6) is 0 Å². The number of morpholine rings is 1. The van der Waals surface area contributed by atoms with Crippen LogP contribution < -0.4 is 4.90 Å². The first-order valence-electron chi connectivity index (χ1n) is 7.89. The van der Waals surface area contributed by atoms with Crippen molar-refractivity contribution in [1.82, 2.24) is 9.88 Å². The van der Waals surface area contributed by atoms with Gasteiger partial charge in [-0.25, -0.2) is 0 Å². The number of rotatable bonds is 3. The van der Waals surface area contributed by atoms with Gasteiger partial charge in [0.15, 0.2) is 0 Å². The minimum absolute atomic E-state index is 0.00884. The molecule has 1 aromatic rings. The Hall–Kier alpha value is -1.66.